The molecule has 0 aliphatic heterocycles. The summed E-state index contributed by atoms with van der Waals surface area (Å²) >= 11 is 0. The molecule has 1 heterocycles. The van der Waals surface area contributed by atoms with E-state index in [4.69, 9.17) is 4.74 Å². The number of nitrogens with zero attached hydrogens (tertiary/aromatic N) is 1. The quantitative estimate of drug-likeness (QED) is 0.848. The van der Waals surface area contributed by atoms with Gasteiger partial charge in [-0.2, -0.15) is 0 Å². The van der Waals surface area contributed by atoms with Crippen LogP contribution in [0.3, 0.4) is 0 Å². The number of ketones is 1. The van der Waals surface area contributed by atoms with Gasteiger partial charge in [0.15, 0.2) is 5.78 Å². The van der Waals surface area contributed by atoms with Gasteiger partial charge in [0.2, 0.25) is 0 Å². The van der Waals surface area contributed by atoms with E-state index in [2.05, 4.69) is 11.1 Å². The number of pyridine rings is 1. The highest BCUT2D eigenvalue weighted by molar-refractivity contribution is 5.90. The lowest BCUT2D eigenvalue weighted by molar-refractivity contribution is -0.134. The Hall–Kier alpha value is -1.22. The number of Topliss-reactive ketones (excluding diaryl/α,β-unsaturated/α-hetero) is 1. The van der Waals surface area contributed by atoms with Gasteiger partial charge in [0, 0.05) is 13.3 Å². The summed E-state index contributed by atoms with van der Waals surface area (Å²) in [4.78, 5) is 17.5. The third-order valence-corrected chi connectivity index (χ3v) is 5.15. The van der Waals surface area contributed by atoms with Crippen LogP contribution in [0.2, 0.25) is 0 Å². The molecule has 0 aromatic carbocycles. The Morgan fingerprint density at radius 2 is 2.05 bits per heavy atom. The summed E-state index contributed by atoms with van der Waals surface area (Å²) in [7, 11) is 1.69. The molecule has 2 aliphatic carbocycles. The summed E-state index contributed by atoms with van der Waals surface area (Å²) in [6.07, 6.45) is 10.7. The largest absolute Gasteiger partial charge is 0.373 e. The second kappa shape index (κ2) is 6.69. The molecule has 3 heteroatoms. The van der Waals surface area contributed by atoms with Gasteiger partial charge in [0.05, 0.1) is 11.6 Å². The summed E-state index contributed by atoms with van der Waals surface area (Å²) < 4.78 is 5.64. The highest BCUT2D eigenvalue weighted by Crippen LogP contribution is 2.35. The minimum absolute atomic E-state index is 0.0539. The molecule has 0 amide bonds. The third-order valence-electron chi connectivity index (χ3n) is 5.15. The van der Waals surface area contributed by atoms with Gasteiger partial charge in [-0.15, -0.1) is 0 Å². The minimum Gasteiger partial charge on any atom is -0.373 e. The molecule has 3 rings (SSSR count). The number of carbonyl (C=O) groups excluding carboxylic acids is 1. The van der Waals surface area contributed by atoms with Crippen LogP contribution in [0.4, 0.5) is 0 Å². The molecule has 114 valence electrons. The molecular weight excluding hydrogens is 262 g/mol. The summed E-state index contributed by atoms with van der Waals surface area (Å²) in [5.41, 5.74) is 2.26. The number of rotatable bonds is 4. The molecule has 21 heavy (non-hydrogen) atoms. The molecule has 0 N–H and O–H groups in total. The normalized spacial score (nSPS) is 24.3. The molecule has 0 saturated heterocycles. The van der Waals surface area contributed by atoms with Crippen LogP contribution in [-0.2, 0) is 16.0 Å². The lowest BCUT2D eigenvalue weighted by atomic mass is 9.77. The predicted octanol–water partition coefficient (Wildman–Crippen LogP) is 3.67. The molecule has 1 aromatic heterocycles. The topological polar surface area (TPSA) is 39.2 Å². The van der Waals surface area contributed by atoms with Crippen molar-refractivity contribution in [3.8, 4) is 0 Å². The number of aryl methyl sites for hydroxylation is 1. The first kappa shape index (κ1) is 14.7. The molecule has 2 aliphatic rings. The Balaban J connectivity index is 1.80. The van der Waals surface area contributed by atoms with Gasteiger partial charge in [-0.25, -0.2) is 0 Å². The van der Waals surface area contributed by atoms with E-state index in [1.807, 2.05) is 12.3 Å². The van der Waals surface area contributed by atoms with Crippen molar-refractivity contribution >= 4 is 5.78 Å². The molecule has 0 radical (unpaired) electrons. The zero-order valence-corrected chi connectivity index (χ0v) is 12.9. The second-order valence-corrected chi connectivity index (χ2v) is 6.45. The van der Waals surface area contributed by atoms with Crippen LogP contribution in [0.15, 0.2) is 18.3 Å². The first-order valence-electron chi connectivity index (χ1n) is 8.31. The Labute approximate surface area is 127 Å². The van der Waals surface area contributed by atoms with Crippen molar-refractivity contribution in [1.82, 2.24) is 4.98 Å². The monoisotopic (exact) mass is 287 g/mol. The predicted molar refractivity (Wildman–Crippen MR) is 82.3 cm³/mol. The highest BCUT2D eigenvalue weighted by Gasteiger charge is 2.36. The van der Waals surface area contributed by atoms with Crippen molar-refractivity contribution in [2.24, 2.45) is 5.92 Å². The van der Waals surface area contributed by atoms with Gasteiger partial charge in [0.25, 0.3) is 0 Å². The zero-order chi connectivity index (χ0) is 14.7. The Morgan fingerprint density at radius 3 is 2.81 bits per heavy atom. The Bertz CT molecular complexity index is 494. The molecule has 1 saturated carbocycles. The second-order valence-electron chi connectivity index (χ2n) is 6.45. The van der Waals surface area contributed by atoms with E-state index in [0.717, 1.165) is 37.8 Å². The maximum absolute atomic E-state index is 13.0. The molecule has 1 fully saturated rings. The summed E-state index contributed by atoms with van der Waals surface area (Å²) in [6.45, 7) is 0. The average molecular weight is 287 g/mol. The maximum Gasteiger partial charge on any atom is 0.170 e. The van der Waals surface area contributed by atoms with Crippen LogP contribution >= 0.6 is 0 Å². The highest BCUT2D eigenvalue weighted by atomic mass is 16.5. The summed E-state index contributed by atoms with van der Waals surface area (Å²) in [6, 6.07) is 4.09. The fourth-order valence-electron chi connectivity index (χ4n) is 4.06. The number of carbonyl (C=O) groups is 1. The van der Waals surface area contributed by atoms with E-state index in [9.17, 15) is 4.79 Å². The van der Waals surface area contributed by atoms with Crippen LogP contribution in [0.25, 0.3) is 0 Å². The fourth-order valence-corrected chi connectivity index (χ4v) is 4.06. The fraction of sp³-hybridized carbons (Fsp3) is 0.667. The lowest BCUT2D eigenvalue weighted by Gasteiger charge is -2.32. The van der Waals surface area contributed by atoms with Gasteiger partial charge in [0.1, 0.15) is 6.10 Å². The van der Waals surface area contributed by atoms with Gasteiger partial charge in [-0.3, -0.25) is 9.78 Å². The number of aromatic nitrogens is 1. The average Bonchev–Trinajstić information content (AvgIpc) is 2.56. The van der Waals surface area contributed by atoms with Crippen LogP contribution in [0.5, 0.6) is 0 Å². The Kier molecular flexibility index (Phi) is 4.69. The number of fused-ring (bicyclic) bond motifs is 1. The van der Waals surface area contributed by atoms with Crippen molar-refractivity contribution in [2.45, 2.75) is 63.4 Å². The van der Waals surface area contributed by atoms with E-state index in [1.165, 1.54) is 24.8 Å². The first-order valence-corrected chi connectivity index (χ1v) is 8.31. The molecular formula is C18H25NO2. The van der Waals surface area contributed by atoms with E-state index < -0.39 is 0 Å². The van der Waals surface area contributed by atoms with Crippen molar-refractivity contribution in [3.63, 3.8) is 0 Å². The Morgan fingerprint density at radius 1 is 1.24 bits per heavy atom. The third kappa shape index (κ3) is 3.03. The van der Waals surface area contributed by atoms with Crippen molar-refractivity contribution < 1.29 is 9.53 Å². The van der Waals surface area contributed by atoms with E-state index in [0.29, 0.717) is 5.92 Å². The van der Waals surface area contributed by atoms with Crippen molar-refractivity contribution in [1.29, 1.82) is 0 Å². The summed E-state index contributed by atoms with van der Waals surface area (Å²) in [5.74, 6) is 0.621. The van der Waals surface area contributed by atoms with Gasteiger partial charge >= 0.3 is 0 Å². The zero-order valence-electron chi connectivity index (χ0n) is 12.9. The molecule has 0 bridgehead atoms. The van der Waals surface area contributed by atoms with Crippen molar-refractivity contribution in [3.05, 3.63) is 29.6 Å². The minimum atomic E-state index is -0.233. The first-order chi connectivity index (χ1) is 10.3. The number of hydrogen-bond acceptors (Lipinski definition) is 3. The molecule has 2 atom stereocenters. The SMILES string of the molecule is COC(C(=O)C1CCCc2cccnc21)C1CCCCC1. The van der Waals surface area contributed by atoms with E-state index >= 15 is 0 Å². The van der Waals surface area contributed by atoms with E-state index in [-0.39, 0.29) is 17.8 Å². The number of methoxy groups -OCH3 is 1. The van der Waals surface area contributed by atoms with Crippen LogP contribution in [0.1, 0.15) is 62.1 Å². The molecule has 2 unspecified atom stereocenters. The standard InChI is InChI=1S/C18H25NO2/c1-21-18(14-7-3-2-4-8-14)17(20)15-11-5-9-13-10-6-12-19-16(13)15/h6,10,12,14-15,18H,2-5,7-9,11H2,1H3. The number of hydrogen-bond donors (Lipinski definition) is 0. The van der Waals surface area contributed by atoms with Gasteiger partial charge in [-0.05, 0) is 49.7 Å². The van der Waals surface area contributed by atoms with Crippen LogP contribution in [0, 0.1) is 5.92 Å². The van der Waals surface area contributed by atoms with E-state index in [1.54, 1.807) is 7.11 Å². The molecule has 1 aromatic rings. The molecule has 3 nitrogen and oxygen atoms in total. The maximum atomic E-state index is 13.0. The lowest BCUT2D eigenvalue weighted by Crippen LogP contribution is -2.37. The molecule has 0 spiro atoms. The van der Waals surface area contributed by atoms with Gasteiger partial charge in [-0.1, -0.05) is 25.3 Å². The van der Waals surface area contributed by atoms with Crippen molar-refractivity contribution in [2.75, 3.05) is 7.11 Å². The van der Waals surface area contributed by atoms with Crippen LogP contribution < -0.4 is 0 Å². The smallest absolute Gasteiger partial charge is 0.170 e. The summed E-state index contributed by atoms with van der Waals surface area (Å²) in [5, 5.41) is 0. The number of ether oxygens (including phenoxy) is 1. The van der Waals surface area contributed by atoms with Gasteiger partial charge < -0.3 is 4.74 Å². The van der Waals surface area contributed by atoms with Crippen LogP contribution in [-0.4, -0.2) is 24.0 Å².